The summed E-state index contributed by atoms with van der Waals surface area (Å²) < 4.78 is 55.2. The topological polar surface area (TPSA) is 183 Å². The van der Waals surface area contributed by atoms with Gasteiger partial charge < -0.3 is 47.9 Å². The highest BCUT2D eigenvalue weighted by molar-refractivity contribution is 6.10. The van der Waals surface area contributed by atoms with Crippen molar-refractivity contribution in [3.63, 3.8) is 0 Å². The number of benzene rings is 4. The van der Waals surface area contributed by atoms with Crippen LogP contribution < -0.4 is 0 Å². The highest BCUT2D eigenvalue weighted by Crippen LogP contribution is 2.45. The van der Waals surface area contributed by atoms with E-state index < -0.39 is 0 Å². The zero-order valence-electron chi connectivity index (χ0n) is 82.5. The lowest BCUT2D eigenvalue weighted by Crippen LogP contribution is -2.03. The fraction of sp³-hybridized carbons (Fsp3) is 0.714. The zero-order chi connectivity index (χ0) is 89.7. The van der Waals surface area contributed by atoms with E-state index in [2.05, 4.69) is 114 Å². The number of ether oxygens (including phenoxy) is 8. The Balaban J connectivity index is 1.35. The Morgan fingerprint density at radius 2 is 0.297 bits per heavy atom. The normalized spacial score (nSPS) is 12.1. The molecule has 128 heavy (non-hydrogen) atoms. The third-order valence-corrected chi connectivity index (χ3v) is 26.3. The van der Waals surface area contributed by atoms with Crippen LogP contribution in [0.1, 0.15) is 459 Å². The van der Waals surface area contributed by atoms with E-state index in [0.29, 0.717) is 152 Å². The molecule has 9 rings (SSSR count). The molecule has 3 aromatic heterocycles. The van der Waals surface area contributed by atoms with Gasteiger partial charge in [0.15, 0.2) is 23.3 Å². The predicted molar refractivity (Wildman–Crippen MR) is 537 cm³/mol. The largest absolute Gasteiger partial charge is 0.377 e. The molecule has 5 heterocycles. The molecule has 0 aliphatic carbocycles. The highest BCUT2D eigenvalue weighted by Gasteiger charge is 2.31. The van der Waals surface area contributed by atoms with E-state index in [0.717, 1.165) is 191 Å². The van der Waals surface area contributed by atoms with E-state index in [1.54, 1.807) is 0 Å². The molecule has 8 bridgehead atoms. The Kier molecular flexibility index (Phi) is 54.7. The first-order valence-electron chi connectivity index (χ1n) is 53.4. The second kappa shape index (κ2) is 66.3. The SMILES string of the molecule is CCCCCCCCCOCc1ccc(COCCCCCCCCC)c2c1-c1nc-2nc2[nH]c(nc3nc(nc4[nH]c(n1)c1c(COCCCCCCCCC)ccc(COCCCCCCCCC)c41)-c1c(COCCCCCCCCC)ccc(COCCCCCCCCC)c1-3)c1c(COCCCCCCCCC)ccc(COCCCCCCCCC)c21. The van der Waals surface area contributed by atoms with Crippen LogP contribution in [0.15, 0.2) is 48.5 Å². The number of nitrogens with zero attached hydrogens (tertiary/aromatic N) is 6. The van der Waals surface area contributed by atoms with Gasteiger partial charge in [0.25, 0.3) is 0 Å². The Morgan fingerprint density at radius 3 is 0.453 bits per heavy atom. The summed E-state index contributed by atoms with van der Waals surface area (Å²) in [6, 6.07) is 18.0. The minimum absolute atomic E-state index is 0.370. The lowest BCUT2D eigenvalue weighted by molar-refractivity contribution is 0.115. The summed E-state index contributed by atoms with van der Waals surface area (Å²) >= 11 is 0. The van der Waals surface area contributed by atoms with E-state index in [1.807, 2.05) is 0 Å². The second-order valence-electron chi connectivity index (χ2n) is 37.5. The maximum Gasteiger partial charge on any atom is 0.165 e. The van der Waals surface area contributed by atoms with Gasteiger partial charge in [-0.1, -0.05) is 412 Å². The average Bonchev–Trinajstić information content (AvgIpc) is 1.57. The molecule has 7 aromatic rings. The van der Waals surface area contributed by atoms with Crippen molar-refractivity contribution in [1.29, 1.82) is 0 Å². The van der Waals surface area contributed by atoms with Gasteiger partial charge in [-0.2, -0.15) is 0 Å². The first-order chi connectivity index (χ1) is 63.4. The summed E-state index contributed by atoms with van der Waals surface area (Å²) in [7, 11) is 0. The van der Waals surface area contributed by atoms with Gasteiger partial charge in [-0.05, 0) is 95.9 Å². The van der Waals surface area contributed by atoms with Crippen molar-refractivity contribution >= 4 is 44.1 Å². The zero-order valence-corrected chi connectivity index (χ0v) is 82.5. The van der Waals surface area contributed by atoms with Crippen LogP contribution in [-0.4, -0.2) is 92.7 Å². The molecular formula is C112H178N8O8. The van der Waals surface area contributed by atoms with Crippen molar-refractivity contribution in [2.45, 2.75) is 468 Å². The lowest BCUT2D eigenvalue weighted by Gasteiger charge is -2.14. The van der Waals surface area contributed by atoms with Crippen molar-refractivity contribution < 1.29 is 37.9 Å². The molecule has 0 spiro atoms. The molecule has 0 saturated heterocycles. The quantitative estimate of drug-likeness (QED) is 0.0343. The molecule has 0 fully saturated rings. The predicted octanol–water partition coefficient (Wildman–Crippen LogP) is 33.0. The fourth-order valence-corrected chi connectivity index (χ4v) is 18.5. The van der Waals surface area contributed by atoms with Crippen molar-refractivity contribution in [2.75, 3.05) is 52.9 Å². The number of rotatable bonds is 80. The number of unbranched alkanes of at least 4 members (excludes halogenated alkanes) is 48. The minimum Gasteiger partial charge on any atom is -0.377 e. The molecule has 0 radical (unpaired) electrons. The number of fused-ring (bicyclic) bond motifs is 20. The minimum atomic E-state index is 0.370. The molecule has 16 heteroatoms. The van der Waals surface area contributed by atoms with Crippen LogP contribution in [0.4, 0.5) is 0 Å². The van der Waals surface area contributed by atoms with E-state index in [4.69, 9.17) is 67.8 Å². The second-order valence-corrected chi connectivity index (χ2v) is 37.5. The van der Waals surface area contributed by atoms with Crippen LogP contribution in [0, 0.1) is 0 Å². The summed E-state index contributed by atoms with van der Waals surface area (Å²) in [5.41, 5.74) is 14.1. The molecular weight excluding hydrogens is 1590 g/mol. The van der Waals surface area contributed by atoms with Crippen LogP contribution in [0.2, 0.25) is 0 Å². The van der Waals surface area contributed by atoms with Gasteiger partial charge in [0.1, 0.15) is 22.6 Å². The third-order valence-electron chi connectivity index (χ3n) is 26.3. The molecule has 714 valence electrons. The lowest BCUT2D eigenvalue weighted by atomic mass is 9.96. The van der Waals surface area contributed by atoms with Crippen LogP contribution >= 0.6 is 0 Å². The third kappa shape index (κ3) is 37.1. The molecule has 0 saturated carbocycles. The number of aromatic amines is 2. The van der Waals surface area contributed by atoms with Crippen molar-refractivity contribution in [3.05, 3.63) is 93.0 Å². The number of aromatic nitrogens is 8. The van der Waals surface area contributed by atoms with Crippen LogP contribution in [0.3, 0.4) is 0 Å². The number of H-pyrrole nitrogens is 2. The summed E-state index contributed by atoms with van der Waals surface area (Å²) in [4.78, 5) is 43.9. The maximum atomic E-state index is 6.91. The average molecular weight is 1760 g/mol. The van der Waals surface area contributed by atoms with Crippen LogP contribution in [0.25, 0.3) is 89.7 Å². The number of nitrogens with one attached hydrogen (secondary N) is 2. The molecule has 0 unspecified atom stereocenters. The van der Waals surface area contributed by atoms with Gasteiger partial charge >= 0.3 is 0 Å². The first-order valence-corrected chi connectivity index (χ1v) is 53.4. The monoisotopic (exact) mass is 1760 g/mol. The Hall–Kier alpha value is -6.08. The summed E-state index contributed by atoms with van der Waals surface area (Å²) in [6.07, 6.45) is 67.4. The van der Waals surface area contributed by atoms with Crippen LogP contribution in [-0.2, 0) is 90.7 Å². The van der Waals surface area contributed by atoms with Crippen molar-refractivity contribution in [1.82, 2.24) is 39.9 Å². The van der Waals surface area contributed by atoms with Crippen LogP contribution in [0.5, 0.6) is 0 Å². The Labute approximate surface area is 776 Å². The van der Waals surface area contributed by atoms with E-state index in [-0.39, 0.29) is 0 Å². The maximum absolute atomic E-state index is 6.91. The van der Waals surface area contributed by atoms with E-state index in [1.165, 1.54) is 257 Å². The molecule has 2 N–H and O–H groups in total. The molecule has 0 amide bonds. The molecule has 4 aromatic carbocycles. The van der Waals surface area contributed by atoms with E-state index in [9.17, 15) is 0 Å². The Morgan fingerprint density at radius 1 is 0.164 bits per heavy atom. The van der Waals surface area contributed by atoms with Gasteiger partial charge in [0, 0.05) is 96.7 Å². The van der Waals surface area contributed by atoms with E-state index >= 15 is 0 Å². The van der Waals surface area contributed by atoms with Crippen molar-refractivity contribution in [3.8, 4) is 45.6 Å². The highest BCUT2D eigenvalue weighted by atomic mass is 16.5. The Bertz CT molecular complexity index is 3780. The summed E-state index contributed by atoms with van der Waals surface area (Å²) in [5.74, 6) is 2.16. The smallest absolute Gasteiger partial charge is 0.165 e. The number of hydrogen-bond acceptors (Lipinski definition) is 14. The standard InChI is InChI=1S/C112H178N8O8/c1-9-17-25-33-41-49-57-73-121-81-89-65-66-90(82-122-74-58-50-42-34-26-18-10-2)98-97(89)105-113-106(98)118-108-101-93(85-125-77-61-53-45-37-29-21-13-5)69-70-94(86-126-78-62-54-46-38-30-22-14-6)102(101)110(115-108)120-112-104-96(88-128-80-64-56-48-40-32-24-16-8)72-71-95(87-127-79-63-55-47-39-31-23-15-7)103(104)111(116-112)119-109-100-92(84-124-76-60-52-44-36-28-20-12-4)68-67-91(99(100)107(114-109)117-105)83-123-75-59-51-43-35-27-19-11-3/h65-72H,9-64,73-88H2,1-8H3,(H2,113,114,115,116,117,118,119,120). The van der Waals surface area contributed by atoms with Gasteiger partial charge in [0.2, 0.25) is 0 Å². The van der Waals surface area contributed by atoms with Gasteiger partial charge in [-0.3, -0.25) is 0 Å². The molecule has 2 aliphatic rings. The molecule has 16 nitrogen and oxygen atoms in total. The first kappa shape index (κ1) is 106. The van der Waals surface area contributed by atoms with Gasteiger partial charge in [0.05, 0.1) is 52.9 Å². The number of hydrogen-bond donors (Lipinski definition) is 2. The van der Waals surface area contributed by atoms with Crippen molar-refractivity contribution in [2.24, 2.45) is 0 Å². The molecule has 2 aliphatic heterocycles. The fourth-order valence-electron chi connectivity index (χ4n) is 18.5. The molecule has 0 atom stereocenters. The summed E-state index contributed by atoms with van der Waals surface area (Å²) in [6.45, 7) is 26.5. The van der Waals surface area contributed by atoms with Gasteiger partial charge in [-0.15, -0.1) is 0 Å². The van der Waals surface area contributed by atoms with Gasteiger partial charge in [-0.25, -0.2) is 29.9 Å². The summed E-state index contributed by atoms with van der Waals surface area (Å²) in [5, 5.41) is 3.69.